The fourth-order valence-electron chi connectivity index (χ4n) is 1.66. The number of aromatic nitrogens is 2. The van der Waals surface area contributed by atoms with E-state index >= 15 is 0 Å². The number of nitrogens with one attached hydrogen (secondary N) is 1. The summed E-state index contributed by atoms with van der Waals surface area (Å²) in [5, 5.41) is 12.1. The Bertz CT molecular complexity index is 568. The van der Waals surface area contributed by atoms with Gasteiger partial charge in [0.15, 0.2) is 0 Å². The van der Waals surface area contributed by atoms with Crippen molar-refractivity contribution in [2.24, 2.45) is 0 Å². The monoisotopic (exact) mass is 295 g/mol. The highest BCUT2D eigenvalue weighted by molar-refractivity contribution is 7.15. The van der Waals surface area contributed by atoms with E-state index in [0.717, 1.165) is 10.6 Å². The minimum atomic E-state index is -0.276. The molecule has 4 nitrogen and oxygen atoms in total. The van der Waals surface area contributed by atoms with Gasteiger partial charge in [0.25, 0.3) is 0 Å². The predicted octanol–water partition coefficient (Wildman–Crippen LogP) is 3.04. The second kappa shape index (κ2) is 5.67. The molecule has 0 aliphatic rings. The number of hydrogen-bond acceptors (Lipinski definition) is 4. The van der Waals surface area contributed by atoms with Crippen LogP contribution < -0.4 is 5.32 Å². The van der Waals surface area contributed by atoms with Gasteiger partial charge in [-0.25, -0.2) is 0 Å². The number of hydrogen-bond donors (Lipinski definition) is 1. The van der Waals surface area contributed by atoms with Gasteiger partial charge in [-0.3, -0.25) is 10.1 Å². The number of alkyl halides is 1. The van der Waals surface area contributed by atoms with Crippen molar-refractivity contribution < 1.29 is 4.79 Å². The smallest absolute Gasteiger partial charge is 0.241 e. The molecule has 0 fully saturated rings. The average molecular weight is 296 g/mol. The van der Waals surface area contributed by atoms with Gasteiger partial charge in [0.2, 0.25) is 11.0 Å². The van der Waals surface area contributed by atoms with Crippen LogP contribution in [0.5, 0.6) is 0 Å². The van der Waals surface area contributed by atoms with Crippen molar-refractivity contribution in [3.8, 4) is 0 Å². The van der Waals surface area contributed by atoms with Crippen molar-refractivity contribution in [1.29, 1.82) is 0 Å². The van der Waals surface area contributed by atoms with Crippen molar-refractivity contribution in [2.75, 3.05) is 11.2 Å². The topological polar surface area (TPSA) is 54.9 Å². The molecule has 1 N–H and O–H groups in total. The summed E-state index contributed by atoms with van der Waals surface area (Å²) in [6.07, 6.45) is 0. The fraction of sp³-hybridized carbons (Fsp3) is 0.308. The zero-order valence-corrected chi connectivity index (χ0v) is 12.3. The lowest BCUT2D eigenvalue weighted by Crippen LogP contribution is -2.18. The molecule has 0 saturated carbocycles. The Morgan fingerprint density at radius 1 is 1.32 bits per heavy atom. The van der Waals surface area contributed by atoms with Crippen molar-refractivity contribution in [3.05, 3.63) is 40.9 Å². The number of benzene rings is 1. The fourth-order valence-corrected chi connectivity index (χ4v) is 2.61. The Morgan fingerprint density at radius 3 is 2.63 bits per heavy atom. The van der Waals surface area contributed by atoms with E-state index in [9.17, 15) is 4.79 Å². The molecule has 0 bridgehead atoms. The summed E-state index contributed by atoms with van der Waals surface area (Å²) >= 11 is 6.80. The second-order valence-electron chi connectivity index (χ2n) is 4.59. The van der Waals surface area contributed by atoms with Gasteiger partial charge in [-0.15, -0.1) is 21.8 Å². The molecule has 100 valence electrons. The van der Waals surface area contributed by atoms with Gasteiger partial charge in [0.05, 0.1) is 0 Å². The maximum Gasteiger partial charge on any atom is 0.241 e. The van der Waals surface area contributed by atoms with E-state index in [1.54, 1.807) is 0 Å². The third-order valence-electron chi connectivity index (χ3n) is 2.82. The number of rotatable bonds is 4. The maximum absolute atomic E-state index is 11.2. The average Bonchev–Trinajstić information content (AvgIpc) is 2.89. The minimum Gasteiger partial charge on any atom is -0.299 e. The molecule has 2 aromatic rings. The van der Waals surface area contributed by atoms with Gasteiger partial charge in [0.1, 0.15) is 10.9 Å². The van der Waals surface area contributed by atoms with Crippen molar-refractivity contribution >= 4 is 34.0 Å². The lowest BCUT2D eigenvalue weighted by atomic mass is 9.85. The molecule has 19 heavy (non-hydrogen) atoms. The third kappa shape index (κ3) is 3.11. The van der Waals surface area contributed by atoms with Gasteiger partial charge in [0, 0.05) is 5.41 Å². The van der Waals surface area contributed by atoms with Gasteiger partial charge >= 0.3 is 0 Å². The summed E-state index contributed by atoms with van der Waals surface area (Å²) in [5.74, 6) is -0.362. The normalized spacial score (nSPS) is 11.3. The quantitative estimate of drug-likeness (QED) is 0.882. The Kier molecular flexibility index (Phi) is 4.17. The molecule has 0 atom stereocenters. The van der Waals surface area contributed by atoms with Crippen molar-refractivity contribution in [3.63, 3.8) is 0 Å². The summed E-state index contributed by atoms with van der Waals surface area (Å²) in [6.45, 7) is 4.16. The van der Waals surface area contributed by atoms with Gasteiger partial charge in [-0.05, 0) is 19.4 Å². The zero-order valence-electron chi connectivity index (χ0n) is 10.7. The minimum absolute atomic E-state index is 0.0863. The third-order valence-corrected chi connectivity index (χ3v) is 4.23. The first kappa shape index (κ1) is 14.0. The lowest BCUT2D eigenvalue weighted by molar-refractivity contribution is -0.113. The van der Waals surface area contributed by atoms with Crippen LogP contribution in [0, 0.1) is 0 Å². The van der Waals surface area contributed by atoms with Crippen LogP contribution in [0.1, 0.15) is 24.4 Å². The van der Waals surface area contributed by atoms with Gasteiger partial charge < -0.3 is 0 Å². The molecule has 0 unspecified atom stereocenters. The second-order valence-corrected chi connectivity index (χ2v) is 5.83. The van der Waals surface area contributed by atoms with Crippen LogP contribution in [0.4, 0.5) is 5.13 Å². The highest BCUT2D eigenvalue weighted by Gasteiger charge is 2.27. The number of amides is 1. The lowest BCUT2D eigenvalue weighted by Gasteiger charge is -2.21. The van der Waals surface area contributed by atoms with Crippen LogP contribution in [0.3, 0.4) is 0 Å². The van der Waals surface area contributed by atoms with Crippen LogP contribution in [-0.2, 0) is 10.2 Å². The molecule has 1 aromatic heterocycles. The molecular weight excluding hydrogens is 282 g/mol. The van der Waals surface area contributed by atoms with E-state index < -0.39 is 0 Å². The molecule has 0 saturated heterocycles. The van der Waals surface area contributed by atoms with Crippen LogP contribution in [0.25, 0.3) is 0 Å². The summed E-state index contributed by atoms with van der Waals surface area (Å²) in [5.41, 5.74) is 0.907. The number of halogens is 1. The molecule has 1 heterocycles. The molecule has 0 radical (unpaired) electrons. The standard InChI is InChI=1S/C13H14ClN3OS/c1-13(2,9-6-4-3-5-7-9)11-16-17-12(19-11)15-10(18)8-14/h3-7H,8H2,1-2H3,(H,15,17,18). The van der Waals surface area contributed by atoms with E-state index in [-0.39, 0.29) is 17.2 Å². The van der Waals surface area contributed by atoms with Gasteiger partial charge in [-0.1, -0.05) is 41.7 Å². The Labute approximate surface area is 120 Å². The van der Waals surface area contributed by atoms with Gasteiger partial charge in [-0.2, -0.15) is 0 Å². The molecular formula is C13H14ClN3OS. The molecule has 1 amide bonds. The highest BCUT2D eigenvalue weighted by Crippen LogP contribution is 2.34. The van der Waals surface area contributed by atoms with Crippen LogP contribution in [0.2, 0.25) is 0 Å². The van der Waals surface area contributed by atoms with E-state index in [1.807, 2.05) is 18.2 Å². The summed E-state index contributed by atoms with van der Waals surface area (Å²) < 4.78 is 0. The summed E-state index contributed by atoms with van der Waals surface area (Å²) in [7, 11) is 0. The first-order valence-electron chi connectivity index (χ1n) is 5.79. The van der Waals surface area contributed by atoms with Crippen LogP contribution >= 0.6 is 22.9 Å². The first-order chi connectivity index (χ1) is 9.04. The molecule has 1 aromatic carbocycles. The zero-order chi connectivity index (χ0) is 13.9. The van der Waals surface area contributed by atoms with Crippen molar-refractivity contribution in [1.82, 2.24) is 10.2 Å². The number of carbonyl (C=O) groups excluding carboxylic acids is 1. The molecule has 0 aliphatic carbocycles. The van der Waals surface area contributed by atoms with E-state index in [4.69, 9.17) is 11.6 Å². The number of carbonyl (C=O) groups is 1. The summed E-state index contributed by atoms with van der Waals surface area (Å²) in [4.78, 5) is 11.2. The molecule has 2 rings (SSSR count). The summed E-state index contributed by atoms with van der Waals surface area (Å²) in [6, 6.07) is 10.1. The Balaban J connectivity index is 2.24. The van der Waals surface area contributed by atoms with E-state index in [0.29, 0.717) is 5.13 Å². The number of anilines is 1. The first-order valence-corrected chi connectivity index (χ1v) is 7.14. The molecule has 0 aliphatic heterocycles. The Morgan fingerprint density at radius 2 is 2.00 bits per heavy atom. The van der Waals surface area contributed by atoms with E-state index in [2.05, 4.69) is 41.5 Å². The van der Waals surface area contributed by atoms with E-state index in [1.165, 1.54) is 11.3 Å². The van der Waals surface area contributed by atoms with Crippen LogP contribution in [-0.4, -0.2) is 22.0 Å². The largest absolute Gasteiger partial charge is 0.299 e. The molecule has 0 spiro atoms. The highest BCUT2D eigenvalue weighted by atomic mass is 35.5. The van der Waals surface area contributed by atoms with Crippen LogP contribution in [0.15, 0.2) is 30.3 Å². The maximum atomic E-state index is 11.2. The SMILES string of the molecule is CC(C)(c1ccccc1)c1nnc(NC(=O)CCl)s1. The number of nitrogens with zero attached hydrogens (tertiary/aromatic N) is 2. The molecule has 6 heteroatoms. The van der Waals surface area contributed by atoms with Crippen molar-refractivity contribution in [2.45, 2.75) is 19.3 Å². The Hall–Kier alpha value is -1.46. The predicted molar refractivity (Wildman–Crippen MR) is 77.8 cm³/mol.